The van der Waals surface area contributed by atoms with E-state index < -0.39 is 24.2 Å². The first-order chi connectivity index (χ1) is 5.01. The fourth-order valence-electron chi connectivity index (χ4n) is 1.38. The second kappa shape index (κ2) is 2.75. The van der Waals surface area contributed by atoms with Gasteiger partial charge in [-0.2, -0.15) is 0 Å². The Hall–Kier alpha value is -0.670. The Labute approximate surface area is 63.2 Å². The normalized spacial score (nSPS) is 29.8. The number of aliphatic carboxylic acids is 1. The molecule has 0 aromatic rings. The summed E-state index contributed by atoms with van der Waals surface area (Å²) in [6.07, 6.45) is 0.0774. The van der Waals surface area contributed by atoms with E-state index in [1.54, 1.807) is 0 Å². The van der Waals surface area contributed by atoms with Gasteiger partial charge in [0.25, 0.3) is 0 Å². The molecule has 0 unspecified atom stereocenters. The van der Waals surface area contributed by atoms with Gasteiger partial charge in [-0.1, -0.05) is 0 Å². The SMILES string of the molecule is O=C(O)[C@@H]1CCCC(F)(F)C1. The number of hydrogen-bond donors (Lipinski definition) is 1. The maximum atomic E-state index is 12.6. The number of alkyl halides is 2. The molecule has 1 rings (SSSR count). The molecule has 0 aromatic carbocycles. The largest absolute Gasteiger partial charge is 0.481 e. The molecule has 1 saturated carbocycles. The first kappa shape index (κ1) is 8.43. The van der Waals surface area contributed by atoms with Crippen LogP contribution in [-0.4, -0.2) is 17.0 Å². The molecule has 0 bridgehead atoms. The summed E-state index contributed by atoms with van der Waals surface area (Å²) >= 11 is 0. The fraction of sp³-hybridized carbons (Fsp3) is 0.857. The maximum Gasteiger partial charge on any atom is 0.306 e. The Balaban J connectivity index is 2.53. The van der Waals surface area contributed by atoms with Gasteiger partial charge >= 0.3 is 5.97 Å². The number of halogens is 2. The van der Waals surface area contributed by atoms with Crippen molar-refractivity contribution in [2.75, 3.05) is 0 Å². The van der Waals surface area contributed by atoms with Crippen LogP contribution in [-0.2, 0) is 4.79 Å². The zero-order valence-electron chi connectivity index (χ0n) is 6.02. The molecule has 0 radical (unpaired) electrons. The van der Waals surface area contributed by atoms with Crippen molar-refractivity contribution in [1.82, 2.24) is 0 Å². The molecule has 0 aliphatic heterocycles. The van der Waals surface area contributed by atoms with Crippen molar-refractivity contribution in [3.8, 4) is 0 Å². The first-order valence-electron chi connectivity index (χ1n) is 3.62. The minimum Gasteiger partial charge on any atom is -0.481 e. The van der Waals surface area contributed by atoms with E-state index in [-0.39, 0.29) is 6.42 Å². The van der Waals surface area contributed by atoms with Gasteiger partial charge in [0.1, 0.15) is 0 Å². The number of hydrogen-bond acceptors (Lipinski definition) is 1. The summed E-state index contributed by atoms with van der Waals surface area (Å²) in [7, 11) is 0. The van der Waals surface area contributed by atoms with Crippen LogP contribution in [0.3, 0.4) is 0 Å². The van der Waals surface area contributed by atoms with Crippen LogP contribution in [0.15, 0.2) is 0 Å². The molecule has 11 heavy (non-hydrogen) atoms. The van der Waals surface area contributed by atoms with E-state index in [2.05, 4.69) is 0 Å². The van der Waals surface area contributed by atoms with E-state index in [0.717, 1.165) is 0 Å². The maximum absolute atomic E-state index is 12.6. The van der Waals surface area contributed by atoms with Crippen molar-refractivity contribution in [1.29, 1.82) is 0 Å². The number of carbonyl (C=O) groups is 1. The molecule has 64 valence electrons. The highest BCUT2D eigenvalue weighted by Crippen LogP contribution is 2.36. The summed E-state index contributed by atoms with van der Waals surface area (Å²) in [6, 6.07) is 0. The van der Waals surface area contributed by atoms with E-state index >= 15 is 0 Å². The Morgan fingerprint density at radius 1 is 1.55 bits per heavy atom. The molecule has 1 aliphatic rings. The Morgan fingerprint density at radius 3 is 2.55 bits per heavy atom. The molecule has 2 nitrogen and oxygen atoms in total. The van der Waals surface area contributed by atoms with Gasteiger partial charge in [0.05, 0.1) is 5.92 Å². The van der Waals surface area contributed by atoms with E-state index in [9.17, 15) is 13.6 Å². The fourth-order valence-corrected chi connectivity index (χ4v) is 1.38. The molecule has 4 heteroatoms. The van der Waals surface area contributed by atoms with Gasteiger partial charge in [-0.05, 0) is 12.8 Å². The van der Waals surface area contributed by atoms with Crippen molar-refractivity contribution < 1.29 is 18.7 Å². The van der Waals surface area contributed by atoms with Crippen LogP contribution in [0.25, 0.3) is 0 Å². The number of rotatable bonds is 1. The predicted octanol–water partition coefficient (Wildman–Crippen LogP) is 1.90. The quantitative estimate of drug-likeness (QED) is 0.642. The van der Waals surface area contributed by atoms with Gasteiger partial charge in [-0.25, -0.2) is 8.78 Å². The van der Waals surface area contributed by atoms with Gasteiger partial charge in [0.15, 0.2) is 0 Å². The standard InChI is InChI=1S/C7H10F2O2/c8-7(9)3-1-2-5(4-7)6(10)11/h5H,1-4H2,(H,10,11)/t5-/m1/s1. The highest BCUT2D eigenvalue weighted by molar-refractivity contribution is 5.70. The Morgan fingerprint density at radius 2 is 2.18 bits per heavy atom. The highest BCUT2D eigenvalue weighted by atomic mass is 19.3. The minimum absolute atomic E-state index is 0.156. The molecule has 1 fully saturated rings. The average Bonchev–Trinajstić information content (AvgIpc) is 1.85. The van der Waals surface area contributed by atoms with E-state index in [0.29, 0.717) is 12.8 Å². The average molecular weight is 164 g/mol. The summed E-state index contributed by atoms with van der Waals surface area (Å²) in [5.74, 6) is -4.68. The van der Waals surface area contributed by atoms with Gasteiger partial charge < -0.3 is 5.11 Å². The van der Waals surface area contributed by atoms with E-state index in [4.69, 9.17) is 5.11 Å². The third-order valence-electron chi connectivity index (χ3n) is 1.99. The van der Waals surface area contributed by atoms with Crippen LogP contribution in [0.4, 0.5) is 8.78 Å². The topological polar surface area (TPSA) is 37.3 Å². The smallest absolute Gasteiger partial charge is 0.306 e. The van der Waals surface area contributed by atoms with Crippen LogP contribution in [0.5, 0.6) is 0 Å². The third kappa shape index (κ3) is 2.13. The van der Waals surface area contributed by atoms with Crippen LogP contribution < -0.4 is 0 Å². The van der Waals surface area contributed by atoms with Gasteiger partial charge in [-0.15, -0.1) is 0 Å². The van der Waals surface area contributed by atoms with Crippen molar-refractivity contribution in [3.05, 3.63) is 0 Å². The summed E-state index contributed by atoms with van der Waals surface area (Å²) in [5.41, 5.74) is 0. The molecule has 0 saturated heterocycles. The summed E-state index contributed by atoms with van der Waals surface area (Å²) < 4.78 is 25.1. The Bertz CT molecular complexity index is 168. The second-order valence-corrected chi connectivity index (χ2v) is 2.99. The first-order valence-corrected chi connectivity index (χ1v) is 3.62. The lowest BCUT2D eigenvalue weighted by Crippen LogP contribution is -2.30. The zero-order valence-corrected chi connectivity index (χ0v) is 6.02. The lowest BCUT2D eigenvalue weighted by molar-refractivity contribution is -0.148. The van der Waals surface area contributed by atoms with Crippen LogP contribution in [0.1, 0.15) is 25.7 Å². The molecule has 1 N–H and O–H groups in total. The third-order valence-corrected chi connectivity index (χ3v) is 1.99. The van der Waals surface area contributed by atoms with E-state index in [1.165, 1.54) is 0 Å². The van der Waals surface area contributed by atoms with Crippen LogP contribution in [0, 0.1) is 5.92 Å². The molecular formula is C7H10F2O2. The highest BCUT2D eigenvalue weighted by Gasteiger charge is 2.38. The second-order valence-electron chi connectivity index (χ2n) is 2.99. The lowest BCUT2D eigenvalue weighted by Gasteiger charge is -2.25. The van der Waals surface area contributed by atoms with Crippen molar-refractivity contribution in [3.63, 3.8) is 0 Å². The predicted molar refractivity (Wildman–Crippen MR) is 34.5 cm³/mol. The number of carboxylic acids is 1. The Kier molecular flexibility index (Phi) is 2.11. The molecule has 0 aromatic heterocycles. The van der Waals surface area contributed by atoms with Crippen molar-refractivity contribution in [2.24, 2.45) is 5.92 Å². The summed E-state index contributed by atoms with van der Waals surface area (Å²) in [4.78, 5) is 10.3. The van der Waals surface area contributed by atoms with Crippen LogP contribution >= 0.6 is 0 Å². The monoisotopic (exact) mass is 164 g/mol. The molecule has 0 spiro atoms. The van der Waals surface area contributed by atoms with Crippen molar-refractivity contribution in [2.45, 2.75) is 31.6 Å². The van der Waals surface area contributed by atoms with E-state index in [1.807, 2.05) is 0 Å². The van der Waals surface area contributed by atoms with Gasteiger partial charge in [0.2, 0.25) is 5.92 Å². The minimum atomic E-state index is -2.75. The number of carboxylic acid groups (broad SMARTS) is 1. The van der Waals surface area contributed by atoms with Gasteiger partial charge in [-0.3, -0.25) is 4.79 Å². The van der Waals surface area contributed by atoms with Crippen LogP contribution in [0.2, 0.25) is 0 Å². The summed E-state index contributed by atoms with van der Waals surface area (Å²) in [5, 5.41) is 8.44. The molecular weight excluding hydrogens is 154 g/mol. The molecule has 0 heterocycles. The molecule has 1 atom stereocenters. The van der Waals surface area contributed by atoms with Crippen molar-refractivity contribution >= 4 is 5.97 Å². The molecule has 0 amide bonds. The summed E-state index contributed by atoms with van der Waals surface area (Å²) in [6.45, 7) is 0. The van der Waals surface area contributed by atoms with Gasteiger partial charge in [0, 0.05) is 12.8 Å². The lowest BCUT2D eigenvalue weighted by atomic mass is 9.87. The molecule has 1 aliphatic carbocycles. The zero-order chi connectivity index (χ0) is 8.48.